The molecule has 4 aliphatic rings. The Bertz CT molecular complexity index is 1330. The molecule has 4 atom stereocenters. The molecule has 1 aliphatic carbocycles. The SMILES string of the molecule is FC(F)(F)CN1CCN2c3ccc(Nc4nc(C5CCC6CNNC6C5)cn5ccnc45)cc3OC[C@H]2C1. The van der Waals surface area contributed by atoms with Crippen LogP contribution in [-0.4, -0.2) is 76.9 Å². The van der Waals surface area contributed by atoms with E-state index in [1.807, 2.05) is 28.8 Å². The Morgan fingerprint density at radius 1 is 1.18 bits per heavy atom. The Kier molecular flexibility index (Phi) is 5.86. The Hall–Kier alpha value is -3.09. The molecule has 2 aromatic heterocycles. The van der Waals surface area contributed by atoms with Gasteiger partial charge in [0.2, 0.25) is 0 Å². The lowest BCUT2D eigenvalue weighted by molar-refractivity contribution is -0.147. The first-order valence-corrected chi connectivity index (χ1v) is 13.3. The predicted molar refractivity (Wildman–Crippen MR) is 137 cm³/mol. The van der Waals surface area contributed by atoms with Gasteiger partial charge in [-0.25, -0.2) is 9.97 Å². The van der Waals surface area contributed by atoms with Gasteiger partial charge in [0.1, 0.15) is 12.4 Å². The van der Waals surface area contributed by atoms with Crippen LogP contribution in [0.15, 0.2) is 36.8 Å². The first kappa shape index (κ1) is 24.0. The summed E-state index contributed by atoms with van der Waals surface area (Å²) < 4.78 is 46.7. The molecule has 12 heteroatoms. The Labute approximate surface area is 218 Å². The molecule has 0 bridgehead atoms. The zero-order valence-electron chi connectivity index (χ0n) is 20.9. The number of halogens is 3. The molecule has 3 fully saturated rings. The number of nitrogens with zero attached hydrogens (tertiary/aromatic N) is 5. The minimum absolute atomic E-state index is 0.0973. The molecule has 3 unspecified atom stereocenters. The van der Waals surface area contributed by atoms with Gasteiger partial charge < -0.3 is 19.4 Å². The van der Waals surface area contributed by atoms with Crippen LogP contribution in [0.1, 0.15) is 30.9 Å². The second kappa shape index (κ2) is 9.28. The Morgan fingerprint density at radius 3 is 3.00 bits per heavy atom. The molecule has 0 radical (unpaired) electrons. The van der Waals surface area contributed by atoms with Gasteiger partial charge in [0.05, 0.1) is 24.0 Å². The zero-order chi connectivity index (χ0) is 25.9. The van der Waals surface area contributed by atoms with Crippen LogP contribution >= 0.6 is 0 Å². The predicted octanol–water partition coefficient (Wildman–Crippen LogP) is 3.28. The molecule has 0 spiro atoms. The highest BCUT2D eigenvalue weighted by Crippen LogP contribution is 2.40. The van der Waals surface area contributed by atoms with Gasteiger partial charge in [-0.15, -0.1) is 0 Å². The molecule has 7 rings (SSSR count). The monoisotopic (exact) mass is 528 g/mol. The number of nitrogens with one attached hydrogen (secondary N) is 3. The summed E-state index contributed by atoms with van der Waals surface area (Å²) in [5.74, 6) is 2.48. The number of alkyl halides is 3. The third-order valence-corrected chi connectivity index (χ3v) is 8.39. The van der Waals surface area contributed by atoms with Crippen molar-refractivity contribution in [3.8, 4) is 5.75 Å². The van der Waals surface area contributed by atoms with Gasteiger partial charge in [-0.2, -0.15) is 13.2 Å². The van der Waals surface area contributed by atoms with Crippen LogP contribution in [0.4, 0.5) is 30.4 Å². The van der Waals surface area contributed by atoms with E-state index in [2.05, 4.69) is 32.2 Å². The highest BCUT2D eigenvalue weighted by atomic mass is 19.4. The van der Waals surface area contributed by atoms with E-state index in [1.54, 1.807) is 6.20 Å². The van der Waals surface area contributed by atoms with E-state index in [9.17, 15) is 13.2 Å². The second-order valence-electron chi connectivity index (χ2n) is 10.9. The number of rotatable bonds is 4. The first-order valence-electron chi connectivity index (χ1n) is 13.3. The molecule has 9 nitrogen and oxygen atoms in total. The van der Waals surface area contributed by atoms with Crippen molar-refractivity contribution < 1.29 is 17.9 Å². The van der Waals surface area contributed by atoms with Gasteiger partial charge in [0.25, 0.3) is 0 Å². The van der Waals surface area contributed by atoms with Gasteiger partial charge >= 0.3 is 6.18 Å². The van der Waals surface area contributed by atoms with Crippen LogP contribution in [0.2, 0.25) is 0 Å². The number of hydrogen-bond donors (Lipinski definition) is 3. The lowest BCUT2D eigenvalue weighted by atomic mass is 9.78. The van der Waals surface area contributed by atoms with Crippen molar-refractivity contribution in [3.05, 3.63) is 42.5 Å². The molecular weight excluding hydrogens is 497 g/mol. The van der Waals surface area contributed by atoms with Crippen LogP contribution in [0.25, 0.3) is 5.65 Å². The largest absolute Gasteiger partial charge is 0.489 e. The average Bonchev–Trinajstić information content (AvgIpc) is 3.56. The number of hydrazine groups is 1. The molecule has 3 aromatic rings. The van der Waals surface area contributed by atoms with Gasteiger partial charge in [0, 0.05) is 68.5 Å². The molecular formula is C26H31F3N8O. The minimum Gasteiger partial charge on any atom is -0.489 e. The summed E-state index contributed by atoms with van der Waals surface area (Å²) in [5.41, 5.74) is 10.3. The van der Waals surface area contributed by atoms with Crippen molar-refractivity contribution in [3.63, 3.8) is 0 Å². The van der Waals surface area contributed by atoms with E-state index in [0.717, 1.165) is 47.9 Å². The molecule has 3 N–H and O–H groups in total. The van der Waals surface area contributed by atoms with E-state index >= 15 is 0 Å². The molecule has 1 aromatic carbocycles. The summed E-state index contributed by atoms with van der Waals surface area (Å²) in [6, 6.07) is 6.28. The number of hydrogen-bond acceptors (Lipinski definition) is 8. The summed E-state index contributed by atoms with van der Waals surface area (Å²) in [6.07, 6.45) is 4.97. The molecule has 1 saturated carbocycles. The van der Waals surface area contributed by atoms with Crippen LogP contribution in [0.5, 0.6) is 5.75 Å². The van der Waals surface area contributed by atoms with E-state index < -0.39 is 12.7 Å². The van der Waals surface area contributed by atoms with Crippen molar-refractivity contribution in [1.29, 1.82) is 0 Å². The molecule has 5 heterocycles. The van der Waals surface area contributed by atoms with Gasteiger partial charge in [-0.1, -0.05) is 0 Å². The fourth-order valence-electron chi connectivity index (χ4n) is 6.52. The molecule has 202 valence electrons. The quantitative estimate of drug-likeness (QED) is 0.476. The van der Waals surface area contributed by atoms with Crippen molar-refractivity contribution in [2.24, 2.45) is 5.92 Å². The number of aromatic nitrogens is 3. The zero-order valence-corrected chi connectivity index (χ0v) is 20.9. The normalized spacial score (nSPS) is 27.5. The molecule has 0 amide bonds. The number of piperazine rings is 1. The summed E-state index contributed by atoms with van der Waals surface area (Å²) >= 11 is 0. The van der Waals surface area contributed by atoms with Crippen LogP contribution < -0.4 is 25.8 Å². The summed E-state index contributed by atoms with van der Waals surface area (Å²) in [7, 11) is 0. The third kappa shape index (κ3) is 4.54. The van der Waals surface area contributed by atoms with Crippen molar-refractivity contribution in [1.82, 2.24) is 30.1 Å². The van der Waals surface area contributed by atoms with Crippen LogP contribution in [0.3, 0.4) is 0 Å². The van der Waals surface area contributed by atoms with E-state index in [-0.39, 0.29) is 6.04 Å². The van der Waals surface area contributed by atoms with Crippen LogP contribution in [0, 0.1) is 5.92 Å². The maximum atomic E-state index is 12.9. The fraction of sp³-hybridized carbons (Fsp3) is 0.538. The van der Waals surface area contributed by atoms with Gasteiger partial charge in [-0.3, -0.25) is 15.8 Å². The number of fused-ring (bicyclic) bond motifs is 5. The molecule has 38 heavy (non-hydrogen) atoms. The average molecular weight is 529 g/mol. The maximum absolute atomic E-state index is 12.9. The lowest BCUT2D eigenvalue weighted by Gasteiger charge is -2.45. The second-order valence-corrected chi connectivity index (χ2v) is 10.9. The fourth-order valence-corrected chi connectivity index (χ4v) is 6.52. The smallest absolute Gasteiger partial charge is 0.401 e. The number of imidazole rings is 1. The van der Waals surface area contributed by atoms with Crippen LogP contribution in [-0.2, 0) is 0 Å². The number of benzene rings is 1. The summed E-state index contributed by atoms with van der Waals surface area (Å²) in [4.78, 5) is 13.2. The lowest BCUT2D eigenvalue weighted by Crippen LogP contribution is -2.58. The molecule has 3 aliphatic heterocycles. The third-order valence-electron chi connectivity index (χ3n) is 8.39. The summed E-state index contributed by atoms with van der Waals surface area (Å²) in [6.45, 7) is 1.76. The summed E-state index contributed by atoms with van der Waals surface area (Å²) in [5, 5.41) is 3.46. The number of anilines is 3. The number of ether oxygens (including phenoxy) is 1. The van der Waals surface area contributed by atoms with E-state index in [4.69, 9.17) is 9.72 Å². The van der Waals surface area contributed by atoms with Gasteiger partial charge in [-0.05, 0) is 37.3 Å². The standard InChI is InChI=1S/C26H31F3N8O/c27-26(28,29)15-35-7-8-37-19(12-35)14-38-23-10-18(3-4-22(23)37)32-24-25-30-5-6-36(25)13-21(33-24)16-1-2-17-11-31-34-20(17)9-16/h3-6,10,13,16-17,19-20,31,34H,1-2,7-9,11-12,14-15H2,(H,32,33)/t16?,17?,19-,20?/m1/s1. The molecule has 2 saturated heterocycles. The highest BCUT2D eigenvalue weighted by Gasteiger charge is 2.38. The minimum atomic E-state index is -4.19. The Balaban J connectivity index is 1.11. The topological polar surface area (TPSA) is 82.0 Å². The van der Waals surface area contributed by atoms with Crippen molar-refractivity contribution in [2.75, 3.05) is 49.5 Å². The van der Waals surface area contributed by atoms with Crippen molar-refractivity contribution in [2.45, 2.75) is 43.4 Å². The van der Waals surface area contributed by atoms with E-state index in [0.29, 0.717) is 49.9 Å². The van der Waals surface area contributed by atoms with E-state index in [1.165, 1.54) is 11.3 Å². The highest BCUT2D eigenvalue weighted by molar-refractivity contribution is 5.74. The van der Waals surface area contributed by atoms with Crippen molar-refractivity contribution >= 4 is 22.8 Å². The van der Waals surface area contributed by atoms with Gasteiger partial charge in [0.15, 0.2) is 11.5 Å². The maximum Gasteiger partial charge on any atom is 0.401 e. The Morgan fingerprint density at radius 2 is 2.11 bits per heavy atom. The first-order chi connectivity index (χ1) is 18.4.